The second kappa shape index (κ2) is 9.23. The van der Waals surface area contributed by atoms with Gasteiger partial charge in [0, 0.05) is 18.0 Å². The van der Waals surface area contributed by atoms with Gasteiger partial charge in [-0.3, -0.25) is 0 Å². The number of rotatable bonds is 7. The van der Waals surface area contributed by atoms with Gasteiger partial charge in [0.1, 0.15) is 0 Å². The average molecular weight is 340 g/mol. The Kier molecular flexibility index (Phi) is 7.30. The van der Waals surface area contributed by atoms with Crippen LogP contribution in [0.2, 0.25) is 0 Å². The summed E-state index contributed by atoms with van der Waals surface area (Å²) in [4.78, 5) is 16.8. The average Bonchev–Trinajstić information content (AvgIpc) is 3.04. The first-order valence-electron chi connectivity index (χ1n) is 8.76. The summed E-state index contributed by atoms with van der Waals surface area (Å²) >= 11 is 1.63. The maximum Gasteiger partial charge on any atom is 0.315 e. The highest BCUT2D eigenvalue weighted by Gasteiger charge is 2.25. The van der Waals surface area contributed by atoms with Crippen LogP contribution < -0.4 is 10.6 Å². The highest BCUT2D eigenvalue weighted by molar-refractivity contribution is 7.09. The van der Waals surface area contributed by atoms with Crippen LogP contribution in [0.4, 0.5) is 4.79 Å². The molecule has 0 spiro atoms. The smallest absolute Gasteiger partial charge is 0.315 e. The quantitative estimate of drug-likeness (QED) is 0.713. The Labute approximate surface area is 142 Å². The molecule has 1 aliphatic carbocycles. The lowest BCUT2D eigenvalue weighted by Crippen LogP contribution is -2.47. The topological polar surface area (TPSA) is 74.2 Å². The van der Waals surface area contributed by atoms with Crippen LogP contribution in [0.3, 0.4) is 0 Å². The molecule has 0 aliphatic heterocycles. The summed E-state index contributed by atoms with van der Waals surface area (Å²) in [6.45, 7) is 4.15. The monoisotopic (exact) mass is 339 g/mol. The normalized spacial score (nSPS) is 18.4. The molecule has 1 saturated carbocycles. The third-order valence-corrected chi connectivity index (χ3v) is 5.65. The van der Waals surface area contributed by atoms with Crippen molar-refractivity contribution in [2.45, 2.75) is 70.9 Å². The van der Waals surface area contributed by atoms with E-state index in [0.29, 0.717) is 12.3 Å². The molecule has 0 radical (unpaired) electrons. The molecule has 1 aromatic rings. The predicted molar refractivity (Wildman–Crippen MR) is 93.6 cm³/mol. The lowest BCUT2D eigenvalue weighted by Gasteiger charge is -2.31. The number of carbonyl (C=O) groups excluding carboxylic acids is 1. The van der Waals surface area contributed by atoms with Crippen LogP contribution in [0, 0.1) is 5.92 Å². The number of aliphatic hydroxyl groups is 1. The Balaban J connectivity index is 1.87. The molecule has 0 aromatic carbocycles. The zero-order valence-electron chi connectivity index (χ0n) is 14.2. The van der Waals surface area contributed by atoms with Crippen LogP contribution in [-0.2, 0) is 6.42 Å². The molecule has 2 unspecified atom stereocenters. The van der Waals surface area contributed by atoms with E-state index >= 15 is 0 Å². The summed E-state index contributed by atoms with van der Waals surface area (Å²) in [7, 11) is 0. The van der Waals surface area contributed by atoms with Gasteiger partial charge in [-0.25, -0.2) is 9.78 Å². The largest absolute Gasteiger partial charge is 0.396 e. The Morgan fingerprint density at radius 1 is 1.39 bits per heavy atom. The van der Waals surface area contributed by atoms with Crippen molar-refractivity contribution in [3.8, 4) is 0 Å². The van der Waals surface area contributed by atoms with Crippen LogP contribution >= 0.6 is 11.3 Å². The number of nitrogens with one attached hydrogen (secondary N) is 2. The summed E-state index contributed by atoms with van der Waals surface area (Å²) in [5.41, 5.74) is 0.915. The number of hydrogen-bond donors (Lipinski definition) is 3. The van der Waals surface area contributed by atoms with Gasteiger partial charge >= 0.3 is 6.03 Å². The molecule has 0 saturated heterocycles. The number of hydrogen-bond acceptors (Lipinski definition) is 4. The number of amides is 2. The van der Waals surface area contributed by atoms with E-state index in [1.54, 1.807) is 11.3 Å². The Morgan fingerprint density at radius 2 is 2.13 bits per heavy atom. The van der Waals surface area contributed by atoms with Crippen molar-refractivity contribution in [1.82, 2.24) is 15.6 Å². The van der Waals surface area contributed by atoms with Gasteiger partial charge in [-0.2, -0.15) is 0 Å². The van der Waals surface area contributed by atoms with Crippen molar-refractivity contribution in [2.75, 3.05) is 6.61 Å². The number of nitrogens with zero attached hydrogens (tertiary/aromatic N) is 1. The Hall–Kier alpha value is -1.14. The molecule has 6 heteroatoms. The Bertz CT molecular complexity index is 486. The first kappa shape index (κ1) is 18.2. The van der Waals surface area contributed by atoms with E-state index in [-0.39, 0.29) is 24.7 Å². The van der Waals surface area contributed by atoms with Gasteiger partial charge in [-0.15, -0.1) is 11.3 Å². The molecule has 23 heavy (non-hydrogen) atoms. The number of aliphatic hydroxyl groups excluding tert-OH is 1. The minimum atomic E-state index is -0.160. The molecule has 2 atom stereocenters. The SMILES string of the molecule is CCc1nc(C(C)NC(=O)NC(CCO)C2CCCCC2)cs1. The van der Waals surface area contributed by atoms with Crippen LogP contribution in [0.5, 0.6) is 0 Å². The molecule has 1 heterocycles. The van der Waals surface area contributed by atoms with Gasteiger partial charge in [0.25, 0.3) is 0 Å². The minimum Gasteiger partial charge on any atom is -0.396 e. The van der Waals surface area contributed by atoms with Gasteiger partial charge in [0.05, 0.1) is 16.7 Å². The van der Waals surface area contributed by atoms with Crippen LogP contribution in [0.15, 0.2) is 5.38 Å². The lowest BCUT2D eigenvalue weighted by molar-refractivity contribution is 0.195. The minimum absolute atomic E-state index is 0.0640. The summed E-state index contributed by atoms with van der Waals surface area (Å²) in [5, 5.41) is 18.4. The fourth-order valence-electron chi connectivity index (χ4n) is 3.27. The number of thiazole rings is 1. The standard InChI is InChI=1S/C17H29N3O2S/c1-3-16-19-15(11-23-16)12(2)18-17(22)20-14(9-10-21)13-7-5-4-6-8-13/h11-14,21H,3-10H2,1-2H3,(H2,18,20,22). The summed E-state index contributed by atoms with van der Waals surface area (Å²) < 4.78 is 0. The molecular weight excluding hydrogens is 310 g/mol. The van der Waals surface area contributed by atoms with E-state index in [4.69, 9.17) is 0 Å². The zero-order valence-corrected chi connectivity index (χ0v) is 15.0. The van der Waals surface area contributed by atoms with Gasteiger partial charge in [-0.1, -0.05) is 26.2 Å². The highest BCUT2D eigenvalue weighted by Crippen LogP contribution is 2.27. The second-order valence-corrected chi connectivity index (χ2v) is 7.32. The van der Waals surface area contributed by atoms with Crippen LogP contribution in [0.1, 0.15) is 69.1 Å². The van der Waals surface area contributed by atoms with E-state index in [2.05, 4.69) is 22.5 Å². The second-order valence-electron chi connectivity index (χ2n) is 6.38. The van der Waals surface area contributed by atoms with Gasteiger partial charge in [0.2, 0.25) is 0 Å². The first-order chi connectivity index (χ1) is 11.1. The first-order valence-corrected chi connectivity index (χ1v) is 9.64. The molecule has 1 aliphatic rings. The van der Waals surface area contributed by atoms with Crippen molar-refractivity contribution in [2.24, 2.45) is 5.92 Å². The fourth-order valence-corrected chi connectivity index (χ4v) is 4.11. The fraction of sp³-hybridized carbons (Fsp3) is 0.765. The number of aromatic nitrogens is 1. The molecular formula is C17H29N3O2S. The maximum absolute atomic E-state index is 12.3. The molecule has 2 rings (SSSR count). The van der Waals surface area contributed by atoms with E-state index in [0.717, 1.165) is 30.0 Å². The summed E-state index contributed by atoms with van der Waals surface area (Å²) in [6.07, 6.45) is 7.58. The van der Waals surface area contributed by atoms with Gasteiger partial charge < -0.3 is 15.7 Å². The van der Waals surface area contributed by atoms with E-state index in [1.807, 2.05) is 12.3 Å². The van der Waals surface area contributed by atoms with Gasteiger partial charge in [0.15, 0.2) is 0 Å². The summed E-state index contributed by atoms with van der Waals surface area (Å²) in [5.74, 6) is 0.489. The molecule has 3 N–H and O–H groups in total. The molecule has 2 amide bonds. The molecule has 1 fully saturated rings. The maximum atomic E-state index is 12.3. The van der Waals surface area contributed by atoms with Crippen molar-refractivity contribution in [3.05, 3.63) is 16.1 Å². The van der Waals surface area contributed by atoms with E-state index in [9.17, 15) is 9.90 Å². The zero-order chi connectivity index (χ0) is 16.7. The van der Waals surface area contributed by atoms with Crippen LogP contribution in [0.25, 0.3) is 0 Å². The van der Waals surface area contributed by atoms with E-state index in [1.165, 1.54) is 19.3 Å². The highest BCUT2D eigenvalue weighted by atomic mass is 32.1. The van der Waals surface area contributed by atoms with Crippen molar-refractivity contribution in [1.29, 1.82) is 0 Å². The van der Waals surface area contributed by atoms with Crippen molar-refractivity contribution < 1.29 is 9.90 Å². The molecule has 130 valence electrons. The van der Waals surface area contributed by atoms with Crippen LogP contribution in [-0.4, -0.2) is 28.8 Å². The van der Waals surface area contributed by atoms with Crippen molar-refractivity contribution in [3.63, 3.8) is 0 Å². The third-order valence-electron chi connectivity index (χ3n) is 4.64. The third kappa shape index (κ3) is 5.46. The van der Waals surface area contributed by atoms with E-state index < -0.39 is 0 Å². The number of urea groups is 1. The number of aryl methyl sites for hydroxylation is 1. The molecule has 1 aromatic heterocycles. The number of carbonyl (C=O) groups is 1. The van der Waals surface area contributed by atoms with Gasteiger partial charge in [-0.05, 0) is 38.5 Å². The lowest BCUT2D eigenvalue weighted by atomic mass is 9.83. The predicted octanol–water partition coefficient (Wildman–Crippen LogP) is 3.40. The summed E-state index contributed by atoms with van der Waals surface area (Å²) in [6, 6.07) is -0.200. The Morgan fingerprint density at radius 3 is 2.74 bits per heavy atom. The van der Waals surface area contributed by atoms with Crippen molar-refractivity contribution >= 4 is 17.4 Å². The molecule has 5 nitrogen and oxygen atoms in total. The molecule has 0 bridgehead atoms.